The molecule has 2 bridgehead atoms. The monoisotopic (exact) mass is 169 g/mol. The van der Waals surface area contributed by atoms with Crippen molar-refractivity contribution in [2.45, 2.75) is 38.1 Å². The molecule has 2 fully saturated rings. The minimum absolute atomic E-state index is 0.0312. The molecule has 0 radical (unpaired) electrons. The molecule has 0 unspecified atom stereocenters. The number of hydrogen-bond donors (Lipinski definition) is 2. The summed E-state index contributed by atoms with van der Waals surface area (Å²) in [5.74, 6) is -0.0482. The van der Waals surface area contributed by atoms with Crippen molar-refractivity contribution in [1.29, 1.82) is 0 Å². The zero-order valence-electron chi connectivity index (χ0n) is 7.12. The third-order valence-corrected chi connectivity index (χ3v) is 3.72. The lowest BCUT2D eigenvalue weighted by atomic mass is 9.78. The van der Waals surface area contributed by atoms with Gasteiger partial charge in [-0.25, -0.2) is 0 Å². The number of nitrogens with two attached hydrogens (primary N) is 1. The van der Waals surface area contributed by atoms with E-state index in [1.807, 2.05) is 0 Å². The van der Waals surface area contributed by atoms with Gasteiger partial charge in [-0.15, -0.1) is 0 Å². The molecule has 2 saturated carbocycles. The molecule has 2 aliphatic carbocycles. The van der Waals surface area contributed by atoms with Crippen LogP contribution < -0.4 is 5.73 Å². The minimum Gasteiger partial charge on any atom is -0.480 e. The number of fused-ring (bicyclic) bond motifs is 2. The SMILES string of the molecule is N[C@H](C(=O)O)C12CCC(CC1)C2. The van der Waals surface area contributed by atoms with Crippen molar-refractivity contribution in [2.24, 2.45) is 17.1 Å². The van der Waals surface area contributed by atoms with Gasteiger partial charge in [0.2, 0.25) is 0 Å². The molecule has 0 spiro atoms. The first kappa shape index (κ1) is 8.05. The maximum atomic E-state index is 10.7. The highest BCUT2D eigenvalue weighted by Crippen LogP contribution is 2.55. The highest BCUT2D eigenvalue weighted by atomic mass is 16.4. The van der Waals surface area contributed by atoms with Crippen LogP contribution in [0.1, 0.15) is 32.1 Å². The average Bonchev–Trinajstić information content (AvgIpc) is 2.62. The van der Waals surface area contributed by atoms with Gasteiger partial charge >= 0.3 is 5.97 Å². The van der Waals surface area contributed by atoms with Gasteiger partial charge in [-0.3, -0.25) is 4.79 Å². The van der Waals surface area contributed by atoms with E-state index in [2.05, 4.69) is 0 Å². The minimum atomic E-state index is -0.822. The van der Waals surface area contributed by atoms with Crippen LogP contribution >= 0.6 is 0 Å². The summed E-state index contributed by atoms with van der Waals surface area (Å²) in [7, 11) is 0. The molecule has 3 heteroatoms. The molecule has 1 atom stereocenters. The molecule has 2 rings (SSSR count). The van der Waals surface area contributed by atoms with Crippen LogP contribution in [0.5, 0.6) is 0 Å². The largest absolute Gasteiger partial charge is 0.480 e. The van der Waals surface area contributed by atoms with Gasteiger partial charge < -0.3 is 10.8 Å². The lowest BCUT2D eigenvalue weighted by Crippen LogP contribution is -2.45. The van der Waals surface area contributed by atoms with E-state index in [4.69, 9.17) is 10.8 Å². The average molecular weight is 169 g/mol. The first-order chi connectivity index (χ1) is 5.64. The Morgan fingerprint density at radius 2 is 2.08 bits per heavy atom. The second kappa shape index (κ2) is 2.46. The number of hydrogen-bond acceptors (Lipinski definition) is 2. The fourth-order valence-corrected chi connectivity index (χ4v) is 2.94. The summed E-state index contributed by atoms with van der Waals surface area (Å²) in [5, 5.41) is 8.83. The molecule has 0 aromatic rings. The maximum Gasteiger partial charge on any atom is 0.321 e. The second-order valence-corrected chi connectivity index (χ2v) is 4.33. The number of aliphatic carboxylic acids is 1. The third-order valence-electron chi connectivity index (χ3n) is 3.72. The predicted octanol–water partition coefficient (Wildman–Crippen LogP) is 0.979. The van der Waals surface area contributed by atoms with Gasteiger partial charge in [0.05, 0.1) is 0 Å². The third kappa shape index (κ3) is 0.959. The van der Waals surface area contributed by atoms with Crippen molar-refractivity contribution < 1.29 is 9.90 Å². The van der Waals surface area contributed by atoms with Crippen molar-refractivity contribution >= 4 is 5.97 Å². The Hall–Kier alpha value is -0.570. The van der Waals surface area contributed by atoms with Crippen LogP contribution in [0.4, 0.5) is 0 Å². The summed E-state index contributed by atoms with van der Waals surface area (Å²) in [6.45, 7) is 0. The van der Waals surface area contributed by atoms with Crippen LogP contribution in [0.25, 0.3) is 0 Å². The summed E-state index contributed by atoms with van der Waals surface area (Å²) >= 11 is 0. The molecule has 0 aromatic heterocycles. The molecule has 0 aliphatic heterocycles. The quantitative estimate of drug-likeness (QED) is 0.647. The Balaban J connectivity index is 2.15. The van der Waals surface area contributed by atoms with Gasteiger partial charge in [-0.1, -0.05) is 0 Å². The summed E-state index contributed by atoms with van der Waals surface area (Å²) in [5.41, 5.74) is 5.66. The molecule has 2 aliphatic rings. The lowest BCUT2D eigenvalue weighted by molar-refractivity contribution is -0.141. The van der Waals surface area contributed by atoms with E-state index in [1.54, 1.807) is 0 Å². The van der Waals surface area contributed by atoms with E-state index >= 15 is 0 Å². The Labute approximate surface area is 71.9 Å². The molecule has 68 valence electrons. The fraction of sp³-hybridized carbons (Fsp3) is 0.889. The summed E-state index contributed by atoms with van der Waals surface area (Å²) < 4.78 is 0. The Bertz CT molecular complexity index is 207. The van der Waals surface area contributed by atoms with Gasteiger partial charge in [0.25, 0.3) is 0 Å². The van der Waals surface area contributed by atoms with E-state index in [0.717, 1.165) is 25.2 Å². The van der Waals surface area contributed by atoms with Crippen LogP contribution in [0.2, 0.25) is 0 Å². The van der Waals surface area contributed by atoms with Gasteiger partial charge in [0.15, 0.2) is 0 Å². The standard InChI is InChI=1S/C9H15NO2/c10-7(8(11)12)9-3-1-6(5-9)2-4-9/h6-7H,1-5,10H2,(H,11,12)/t6?,7-,9?/m1/s1. The zero-order valence-corrected chi connectivity index (χ0v) is 7.12. The highest BCUT2D eigenvalue weighted by molar-refractivity contribution is 5.74. The van der Waals surface area contributed by atoms with Gasteiger partial charge in [-0.05, 0) is 43.4 Å². The number of carbonyl (C=O) groups is 1. The Morgan fingerprint density at radius 3 is 2.42 bits per heavy atom. The molecule has 0 heterocycles. The summed E-state index contributed by atoms with van der Waals surface area (Å²) in [4.78, 5) is 10.7. The van der Waals surface area contributed by atoms with Crippen molar-refractivity contribution in [3.8, 4) is 0 Å². The van der Waals surface area contributed by atoms with Crippen molar-refractivity contribution in [1.82, 2.24) is 0 Å². The van der Waals surface area contributed by atoms with Crippen molar-refractivity contribution in [3.05, 3.63) is 0 Å². The molecule has 0 saturated heterocycles. The van der Waals surface area contributed by atoms with Crippen LogP contribution in [0.3, 0.4) is 0 Å². The number of rotatable bonds is 2. The van der Waals surface area contributed by atoms with E-state index in [0.29, 0.717) is 0 Å². The molecule has 0 aromatic carbocycles. The Kier molecular flexibility index (Phi) is 1.65. The van der Waals surface area contributed by atoms with Crippen LogP contribution in [0, 0.1) is 11.3 Å². The van der Waals surface area contributed by atoms with E-state index in [1.165, 1.54) is 12.8 Å². The summed E-state index contributed by atoms with van der Waals surface area (Å²) in [6, 6.07) is -0.620. The van der Waals surface area contributed by atoms with E-state index in [-0.39, 0.29) is 5.41 Å². The topological polar surface area (TPSA) is 63.3 Å². The highest BCUT2D eigenvalue weighted by Gasteiger charge is 2.50. The zero-order chi connectivity index (χ0) is 8.77. The van der Waals surface area contributed by atoms with Gasteiger partial charge in [0, 0.05) is 0 Å². The van der Waals surface area contributed by atoms with Gasteiger partial charge in [-0.2, -0.15) is 0 Å². The van der Waals surface area contributed by atoms with E-state index in [9.17, 15) is 4.79 Å². The van der Waals surface area contributed by atoms with Gasteiger partial charge in [0.1, 0.15) is 6.04 Å². The van der Waals surface area contributed by atoms with Crippen molar-refractivity contribution in [3.63, 3.8) is 0 Å². The molecule has 0 amide bonds. The van der Waals surface area contributed by atoms with Crippen LogP contribution in [0.15, 0.2) is 0 Å². The molecular formula is C9H15NO2. The molecule has 3 N–H and O–H groups in total. The van der Waals surface area contributed by atoms with Crippen LogP contribution in [-0.4, -0.2) is 17.1 Å². The Morgan fingerprint density at radius 1 is 1.50 bits per heavy atom. The smallest absolute Gasteiger partial charge is 0.321 e. The normalized spacial score (nSPS) is 41.6. The number of carboxylic acids is 1. The number of carboxylic acid groups (broad SMARTS) is 1. The second-order valence-electron chi connectivity index (χ2n) is 4.33. The predicted molar refractivity (Wildman–Crippen MR) is 44.6 cm³/mol. The molecular weight excluding hydrogens is 154 g/mol. The lowest BCUT2D eigenvalue weighted by Gasteiger charge is -2.30. The first-order valence-corrected chi connectivity index (χ1v) is 4.62. The fourth-order valence-electron chi connectivity index (χ4n) is 2.94. The van der Waals surface area contributed by atoms with Crippen LogP contribution in [-0.2, 0) is 4.79 Å². The first-order valence-electron chi connectivity index (χ1n) is 4.62. The van der Waals surface area contributed by atoms with E-state index < -0.39 is 12.0 Å². The maximum absolute atomic E-state index is 10.7. The van der Waals surface area contributed by atoms with Crippen molar-refractivity contribution in [2.75, 3.05) is 0 Å². The summed E-state index contributed by atoms with van der Waals surface area (Å²) in [6.07, 6.45) is 5.51. The molecule has 12 heavy (non-hydrogen) atoms. The molecule has 3 nitrogen and oxygen atoms in total.